The molecule has 0 aliphatic heterocycles. The van der Waals surface area contributed by atoms with Crippen molar-refractivity contribution in [3.63, 3.8) is 0 Å². The van der Waals surface area contributed by atoms with Gasteiger partial charge in [0.25, 0.3) is 5.91 Å². The largest absolute Gasteiger partial charge is 0.508 e. The lowest BCUT2D eigenvalue weighted by atomic mass is 10.1. The zero-order chi connectivity index (χ0) is 16.1. The number of hydrogen-bond acceptors (Lipinski definition) is 4. The Hall–Kier alpha value is -1.85. The van der Waals surface area contributed by atoms with Crippen LogP contribution in [0.5, 0.6) is 5.75 Å². The summed E-state index contributed by atoms with van der Waals surface area (Å²) in [6.07, 6.45) is 1.44. The molecule has 0 fully saturated rings. The lowest BCUT2D eigenvalue weighted by molar-refractivity contribution is 0.0920. The van der Waals surface area contributed by atoms with Gasteiger partial charge in [-0.15, -0.1) is 11.3 Å². The summed E-state index contributed by atoms with van der Waals surface area (Å²) in [5.74, 6) is 0.0557. The predicted octanol–water partition coefficient (Wildman–Crippen LogP) is 2.66. The van der Waals surface area contributed by atoms with E-state index in [9.17, 15) is 15.0 Å². The summed E-state index contributed by atoms with van der Waals surface area (Å²) in [5, 5.41) is 21.6. The molecule has 2 aromatic rings. The van der Waals surface area contributed by atoms with E-state index in [0.717, 1.165) is 17.5 Å². The van der Waals surface area contributed by atoms with Crippen molar-refractivity contribution in [3.8, 4) is 5.75 Å². The molecule has 4 nitrogen and oxygen atoms in total. The fourth-order valence-corrected chi connectivity index (χ4v) is 3.33. The molecular weight excluding hydrogens is 298 g/mol. The number of hydrogen-bond donors (Lipinski definition) is 3. The summed E-state index contributed by atoms with van der Waals surface area (Å²) in [7, 11) is 0. The van der Waals surface area contributed by atoms with Crippen molar-refractivity contribution >= 4 is 17.2 Å². The molecule has 5 heteroatoms. The molecule has 0 saturated heterocycles. The zero-order valence-corrected chi connectivity index (χ0v) is 13.6. The number of phenols is 1. The van der Waals surface area contributed by atoms with Crippen LogP contribution in [0, 0.1) is 6.92 Å². The molecule has 0 aliphatic rings. The Labute approximate surface area is 134 Å². The molecular formula is C17H21NO3S. The van der Waals surface area contributed by atoms with Gasteiger partial charge in [-0.3, -0.25) is 4.79 Å². The van der Waals surface area contributed by atoms with Gasteiger partial charge in [0, 0.05) is 4.88 Å². The van der Waals surface area contributed by atoms with Gasteiger partial charge in [-0.25, -0.2) is 0 Å². The molecule has 1 atom stereocenters. The minimum Gasteiger partial charge on any atom is -0.508 e. The van der Waals surface area contributed by atoms with Gasteiger partial charge in [0.05, 0.1) is 17.5 Å². The SMILES string of the molecule is CCc1sc(C(=O)N[C@H](CO)Cc2ccc(O)cc2)cc1C. The maximum Gasteiger partial charge on any atom is 0.261 e. The lowest BCUT2D eigenvalue weighted by Crippen LogP contribution is -2.38. The standard InChI is InChI=1S/C17H21NO3S/c1-3-15-11(2)8-16(22-15)17(21)18-13(10-19)9-12-4-6-14(20)7-5-12/h4-8,13,19-20H,3,9-10H2,1-2H3,(H,18,21)/t13-/m0/s1. The maximum atomic E-state index is 12.3. The second kappa shape index (κ2) is 7.42. The van der Waals surface area contributed by atoms with Crippen LogP contribution in [0.15, 0.2) is 30.3 Å². The summed E-state index contributed by atoms with van der Waals surface area (Å²) in [4.78, 5) is 14.2. The van der Waals surface area contributed by atoms with Crippen LogP contribution in [0.1, 0.15) is 32.6 Å². The summed E-state index contributed by atoms with van der Waals surface area (Å²) in [5.41, 5.74) is 2.09. The highest BCUT2D eigenvalue weighted by atomic mass is 32.1. The first-order valence-electron chi connectivity index (χ1n) is 7.32. The molecule has 0 saturated carbocycles. The highest BCUT2D eigenvalue weighted by molar-refractivity contribution is 7.14. The van der Waals surface area contributed by atoms with Crippen LogP contribution in [-0.2, 0) is 12.8 Å². The Morgan fingerprint density at radius 3 is 2.55 bits per heavy atom. The van der Waals surface area contributed by atoms with Crippen molar-refractivity contribution in [2.24, 2.45) is 0 Å². The third-order valence-electron chi connectivity index (χ3n) is 3.54. The number of aromatic hydroxyl groups is 1. The minimum absolute atomic E-state index is 0.127. The number of carbonyl (C=O) groups excluding carboxylic acids is 1. The number of amides is 1. The quantitative estimate of drug-likeness (QED) is 0.766. The number of aryl methyl sites for hydroxylation is 2. The Morgan fingerprint density at radius 1 is 1.32 bits per heavy atom. The molecule has 1 amide bonds. The fourth-order valence-electron chi connectivity index (χ4n) is 2.32. The first-order chi connectivity index (χ1) is 10.5. The number of aliphatic hydroxyl groups excluding tert-OH is 1. The summed E-state index contributed by atoms with van der Waals surface area (Å²) < 4.78 is 0. The molecule has 1 heterocycles. The molecule has 1 aromatic heterocycles. The molecule has 0 aliphatic carbocycles. The second-order valence-corrected chi connectivity index (χ2v) is 6.43. The Balaban J connectivity index is 2.02. The Kier molecular flexibility index (Phi) is 5.57. The lowest BCUT2D eigenvalue weighted by Gasteiger charge is -2.16. The number of carbonyl (C=O) groups is 1. The van der Waals surface area contributed by atoms with Gasteiger partial charge in [0.2, 0.25) is 0 Å². The van der Waals surface area contributed by atoms with Crippen molar-refractivity contribution in [2.75, 3.05) is 6.61 Å². The first-order valence-corrected chi connectivity index (χ1v) is 8.14. The molecule has 2 rings (SSSR count). The van der Waals surface area contributed by atoms with E-state index >= 15 is 0 Å². The number of aliphatic hydroxyl groups is 1. The second-order valence-electron chi connectivity index (χ2n) is 5.29. The molecule has 0 unspecified atom stereocenters. The molecule has 0 spiro atoms. The van der Waals surface area contributed by atoms with Gasteiger partial charge < -0.3 is 15.5 Å². The van der Waals surface area contributed by atoms with Crippen molar-refractivity contribution < 1.29 is 15.0 Å². The molecule has 3 N–H and O–H groups in total. The van der Waals surface area contributed by atoms with E-state index in [1.54, 1.807) is 24.3 Å². The van der Waals surface area contributed by atoms with Crippen molar-refractivity contribution in [1.29, 1.82) is 0 Å². The van der Waals surface area contributed by atoms with E-state index in [1.165, 1.54) is 16.2 Å². The average Bonchev–Trinajstić information content (AvgIpc) is 2.90. The third kappa shape index (κ3) is 4.08. The first kappa shape index (κ1) is 16.5. The van der Waals surface area contributed by atoms with Crippen LogP contribution < -0.4 is 5.32 Å². The fraction of sp³-hybridized carbons (Fsp3) is 0.353. The number of thiophene rings is 1. The van der Waals surface area contributed by atoms with Crippen molar-refractivity contribution in [1.82, 2.24) is 5.32 Å². The molecule has 1 aromatic carbocycles. The Bertz CT molecular complexity index is 634. The van der Waals surface area contributed by atoms with Gasteiger partial charge >= 0.3 is 0 Å². The molecule has 0 radical (unpaired) electrons. The third-order valence-corrected chi connectivity index (χ3v) is 4.92. The van der Waals surface area contributed by atoms with Crippen LogP contribution in [0.2, 0.25) is 0 Å². The van der Waals surface area contributed by atoms with Gasteiger partial charge in [-0.2, -0.15) is 0 Å². The Morgan fingerprint density at radius 2 is 2.00 bits per heavy atom. The summed E-state index contributed by atoms with van der Waals surface area (Å²) in [6, 6.07) is 8.32. The molecule has 0 bridgehead atoms. The van der Waals surface area contributed by atoms with Crippen LogP contribution >= 0.6 is 11.3 Å². The highest BCUT2D eigenvalue weighted by Gasteiger charge is 2.16. The van der Waals surface area contributed by atoms with E-state index < -0.39 is 0 Å². The van der Waals surface area contributed by atoms with E-state index in [4.69, 9.17) is 0 Å². The van der Waals surface area contributed by atoms with Crippen LogP contribution in [0.25, 0.3) is 0 Å². The maximum absolute atomic E-state index is 12.3. The van der Waals surface area contributed by atoms with E-state index in [-0.39, 0.29) is 24.3 Å². The van der Waals surface area contributed by atoms with E-state index in [2.05, 4.69) is 12.2 Å². The monoisotopic (exact) mass is 319 g/mol. The number of nitrogens with one attached hydrogen (secondary N) is 1. The van der Waals surface area contributed by atoms with E-state index in [1.807, 2.05) is 13.0 Å². The van der Waals surface area contributed by atoms with Gasteiger partial charge in [0.1, 0.15) is 5.75 Å². The van der Waals surface area contributed by atoms with Gasteiger partial charge in [-0.05, 0) is 49.1 Å². The van der Waals surface area contributed by atoms with Crippen LogP contribution in [-0.4, -0.2) is 28.8 Å². The topological polar surface area (TPSA) is 69.6 Å². The summed E-state index contributed by atoms with van der Waals surface area (Å²) >= 11 is 1.50. The highest BCUT2D eigenvalue weighted by Crippen LogP contribution is 2.22. The summed E-state index contributed by atoms with van der Waals surface area (Å²) in [6.45, 7) is 3.95. The van der Waals surface area contributed by atoms with Gasteiger partial charge in [0.15, 0.2) is 0 Å². The minimum atomic E-state index is -0.343. The number of rotatable bonds is 6. The zero-order valence-electron chi connectivity index (χ0n) is 12.8. The molecule has 118 valence electrons. The number of benzene rings is 1. The number of phenolic OH excluding ortho intramolecular Hbond substituents is 1. The average molecular weight is 319 g/mol. The van der Waals surface area contributed by atoms with Crippen LogP contribution in [0.3, 0.4) is 0 Å². The smallest absolute Gasteiger partial charge is 0.261 e. The van der Waals surface area contributed by atoms with Crippen molar-refractivity contribution in [2.45, 2.75) is 32.7 Å². The van der Waals surface area contributed by atoms with Gasteiger partial charge in [-0.1, -0.05) is 19.1 Å². The van der Waals surface area contributed by atoms with Crippen LogP contribution in [0.4, 0.5) is 0 Å². The predicted molar refractivity (Wildman–Crippen MR) is 88.6 cm³/mol. The molecule has 22 heavy (non-hydrogen) atoms. The normalized spacial score (nSPS) is 12.1. The van der Waals surface area contributed by atoms with Crippen molar-refractivity contribution in [3.05, 3.63) is 51.2 Å². The van der Waals surface area contributed by atoms with E-state index in [0.29, 0.717) is 11.3 Å².